The maximum Gasteiger partial charge on any atom is 0.410 e. The number of rotatable bonds is 10. The van der Waals surface area contributed by atoms with Gasteiger partial charge in [0.1, 0.15) is 22.8 Å². The minimum Gasteiger partial charge on any atom is -0.481 e. The highest BCUT2D eigenvalue weighted by Crippen LogP contribution is 2.29. The molecule has 2 amide bonds. The molecule has 0 aromatic carbocycles. The Balaban J connectivity index is 2.52. The van der Waals surface area contributed by atoms with Gasteiger partial charge in [-0.2, -0.15) is 13.2 Å². The second-order valence-electron chi connectivity index (χ2n) is 12.2. The van der Waals surface area contributed by atoms with Crippen LogP contribution in [0.25, 0.3) is 0 Å². The van der Waals surface area contributed by atoms with Gasteiger partial charge in [-0.05, 0) is 33.6 Å². The maximum absolute atomic E-state index is 13.9. The van der Waals surface area contributed by atoms with Gasteiger partial charge >= 0.3 is 18.2 Å². The summed E-state index contributed by atoms with van der Waals surface area (Å²) in [7, 11) is 1.55. The first-order valence-corrected chi connectivity index (χ1v) is 13.5. The number of hydrogen-bond donors (Lipinski definition) is 2. The minimum atomic E-state index is -4.59. The minimum absolute atomic E-state index is 0.0566. The number of carbonyl (C=O) groups excluding carboxylic acids is 2. The fourth-order valence-electron chi connectivity index (χ4n) is 4.26. The number of amides is 2. The van der Waals surface area contributed by atoms with E-state index in [0.29, 0.717) is 25.4 Å². The molecule has 2 heterocycles. The van der Waals surface area contributed by atoms with Crippen LogP contribution in [-0.2, 0) is 19.7 Å². The number of piperidine rings is 1. The predicted molar refractivity (Wildman–Crippen MR) is 145 cm³/mol. The lowest BCUT2D eigenvalue weighted by atomic mass is 9.92. The second kappa shape index (κ2) is 13.7. The van der Waals surface area contributed by atoms with Crippen molar-refractivity contribution >= 4 is 23.8 Å². The number of ether oxygens (including phenoxy) is 2. The van der Waals surface area contributed by atoms with Gasteiger partial charge in [0.25, 0.3) is 5.91 Å². The average Bonchev–Trinajstić information content (AvgIpc) is 2.84. The van der Waals surface area contributed by atoms with Gasteiger partial charge in [-0.1, -0.05) is 20.8 Å². The van der Waals surface area contributed by atoms with Crippen LogP contribution in [0.4, 0.5) is 23.8 Å². The third-order valence-electron chi connectivity index (χ3n) is 6.27. The van der Waals surface area contributed by atoms with Gasteiger partial charge < -0.3 is 29.7 Å². The first-order chi connectivity index (χ1) is 18.8. The van der Waals surface area contributed by atoms with Gasteiger partial charge in [-0.3, -0.25) is 9.59 Å². The molecule has 0 bridgehead atoms. The summed E-state index contributed by atoms with van der Waals surface area (Å²) >= 11 is 0. The van der Waals surface area contributed by atoms with Crippen LogP contribution in [0, 0.1) is 5.92 Å². The molecule has 1 saturated heterocycles. The molecule has 14 heteroatoms. The van der Waals surface area contributed by atoms with Crippen LogP contribution in [-0.4, -0.2) is 101 Å². The summed E-state index contributed by atoms with van der Waals surface area (Å²) in [6, 6.07) is -1.03. The molecule has 0 radical (unpaired) electrons. The summed E-state index contributed by atoms with van der Waals surface area (Å²) in [4.78, 5) is 49.7. The smallest absolute Gasteiger partial charge is 0.410 e. The Labute approximate surface area is 238 Å². The number of carboxylic acids is 1. The zero-order chi connectivity index (χ0) is 31.2. The SMILES string of the molecule is COCCCNc1nc(C(C)(C)C)ncc1C(=O)N(CCC(F)(F)F)[C@H]1C[C@@H](C(=O)O)CN(C(=O)OC(C)(C)C)C1. The highest BCUT2D eigenvalue weighted by atomic mass is 19.4. The molecule has 2 N–H and O–H groups in total. The van der Waals surface area contributed by atoms with Crippen molar-refractivity contribution in [2.75, 3.05) is 45.2 Å². The molecule has 1 aliphatic heterocycles. The molecule has 232 valence electrons. The first kappa shape index (κ1) is 34.0. The Morgan fingerprint density at radius 1 is 1.15 bits per heavy atom. The Kier molecular flexibility index (Phi) is 11.3. The molecule has 0 saturated carbocycles. The van der Waals surface area contributed by atoms with E-state index in [1.165, 1.54) is 6.20 Å². The highest BCUT2D eigenvalue weighted by Gasteiger charge is 2.41. The van der Waals surface area contributed by atoms with Gasteiger partial charge in [0.2, 0.25) is 0 Å². The highest BCUT2D eigenvalue weighted by molar-refractivity contribution is 5.98. The summed E-state index contributed by atoms with van der Waals surface area (Å²) in [6.45, 7) is 10.2. The fourth-order valence-corrected chi connectivity index (χ4v) is 4.26. The lowest BCUT2D eigenvalue weighted by molar-refractivity contribution is -0.146. The Morgan fingerprint density at radius 3 is 2.34 bits per heavy atom. The molecule has 1 aliphatic rings. The van der Waals surface area contributed by atoms with Crippen LogP contribution in [0.5, 0.6) is 0 Å². The van der Waals surface area contributed by atoms with Crippen LogP contribution in [0.3, 0.4) is 0 Å². The summed E-state index contributed by atoms with van der Waals surface area (Å²) in [5, 5.41) is 12.8. The number of aliphatic carboxylic acids is 1. The molecule has 1 aromatic heterocycles. The van der Waals surface area contributed by atoms with Crippen LogP contribution in [0.2, 0.25) is 0 Å². The summed E-state index contributed by atoms with van der Waals surface area (Å²) in [5.41, 5.74) is -1.42. The molecule has 11 nitrogen and oxygen atoms in total. The molecule has 0 aliphatic carbocycles. The number of alkyl halides is 3. The van der Waals surface area contributed by atoms with Crippen molar-refractivity contribution in [3.05, 3.63) is 17.6 Å². The lowest BCUT2D eigenvalue weighted by Gasteiger charge is -2.42. The molecule has 1 aromatic rings. The van der Waals surface area contributed by atoms with E-state index in [1.54, 1.807) is 27.9 Å². The maximum atomic E-state index is 13.9. The topological polar surface area (TPSA) is 134 Å². The van der Waals surface area contributed by atoms with Gasteiger partial charge in [-0.25, -0.2) is 14.8 Å². The van der Waals surface area contributed by atoms with Crippen molar-refractivity contribution in [1.82, 2.24) is 19.8 Å². The molecule has 2 atom stereocenters. The van der Waals surface area contributed by atoms with Gasteiger partial charge in [-0.15, -0.1) is 0 Å². The van der Waals surface area contributed by atoms with Crippen LogP contribution >= 0.6 is 0 Å². The van der Waals surface area contributed by atoms with Crippen molar-refractivity contribution in [1.29, 1.82) is 0 Å². The van der Waals surface area contributed by atoms with Gasteiger partial charge in [0, 0.05) is 51.5 Å². The standard InChI is InChI=1S/C27H42F3N5O6/c1-25(2,3)23-32-14-19(20(33-23)31-10-8-12-40-7)21(36)35(11-9-27(28,29)30)18-13-17(22(37)38)15-34(16-18)24(39)41-26(4,5)6/h14,17-18H,8-13,15-16H2,1-7H3,(H,37,38)(H,31,32,33)/t17-,18+/m1/s1. The lowest BCUT2D eigenvalue weighted by Crippen LogP contribution is -2.56. The Morgan fingerprint density at radius 2 is 1.80 bits per heavy atom. The van der Waals surface area contributed by atoms with Crippen LogP contribution in [0.1, 0.15) is 77.0 Å². The number of carboxylic acid groups (broad SMARTS) is 1. The van der Waals surface area contributed by atoms with E-state index < -0.39 is 60.1 Å². The molecule has 0 unspecified atom stereocenters. The number of halogens is 3. The van der Waals surface area contributed by atoms with Crippen molar-refractivity contribution in [2.45, 2.75) is 84.0 Å². The average molecular weight is 590 g/mol. The normalized spacial score (nSPS) is 18.1. The number of nitrogens with zero attached hydrogens (tertiary/aromatic N) is 4. The quantitative estimate of drug-likeness (QED) is 0.383. The number of aromatic nitrogens is 2. The zero-order valence-corrected chi connectivity index (χ0v) is 24.8. The predicted octanol–water partition coefficient (Wildman–Crippen LogP) is 4.33. The molecule has 41 heavy (non-hydrogen) atoms. The Bertz CT molecular complexity index is 1070. The molecule has 0 spiro atoms. The van der Waals surface area contributed by atoms with Crippen LogP contribution < -0.4 is 5.32 Å². The van der Waals surface area contributed by atoms with E-state index >= 15 is 0 Å². The summed E-state index contributed by atoms with van der Waals surface area (Å²) in [6.07, 6.45) is -5.01. The first-order valence-electron chi connectivity index (χ1n) is 13.5. The molecular weight excluding hydrogens is 547 g/mol. The number of likely N-dealkylation sites (tertiary alicyclic amines) is 1. The van der Waals surface area contributed by atoms with E-state index in [-0.39, 0.29) is 30.9 Å². The number of anilines is 1. The van der Waals surface area contributed by atoms with Crippen LogP contribution in [0.15, 0.2) is 6.20 Å². The van der Waals surface area contributed by atoms with Crippen molar-refractivity contribution in [3.63, 3.8) is 0 Å². The van der Waals surface area contributed by atoms with Crippen molar-refractivity contribution < 1.29 is 42.1 Å². The second-order valence-corrected chi connectivity index (χ2v) is 12.2. The number of nitrogens with one attached hydrogen (secondary N) is 1. The fraction of sp³-hybridized carbons (Fsp3) is 0.741. The van der Waals surface area contributed by atoms with E-state index in [1.807, 2.05) is 20.8 Å². The number of hydrogen-bond acceptors (Lipinski definition) is 8. The van der Waals surface area contributed by atoms with E-state index in [4.69, 9.17) is 9.47 Å². The third-order valence-corrected chi connectivity index (χ3v) is 6.27. The molecule has 1 fully saturated rings. The summed E-state index contributed by atoms with van der Waals surface area (Å²) in [5.74, 6) is -2.58. The zero-order valence-electron chi connectivity index (χ0n) is 24.8. The van der Waals surface area contributed by atoms with E-state index in [0.717, 1.165) is 9.80 Å². The number of methoxy groups -OCH3 is 1. The van der Waals surface area contributed by atoms with E-state index in [2.05, 4.69) is 15.3 Å². The van der Waals surface area contributed by atoms with E-state index in [9.17, 15) is 32.7 Å². The summed E-state index contributed by atoms with van der Waals surface area (Å²) < 4.78 is 50.6. The number of carbonyl (C=O) groups is 3. The van der Waals surface area contributed by atoms with Crippen molar-refractivity contribution in [2.24, 2.45) is 5.92 Å². The van der Waals surface area contributed by atoms with Crippen molar-refractivity contribution in [3.8, 4) is 0 Å². The monoisotopic (exact) mass is 589 g/mol. The van der Waals surface area contributed by atoms with Gasteiger partial charge in [0.15, 0.2) is 0 Å². The Hall–Kier alpha value is -3.16. The molecule has 2 rings (SSSR count). The molecular formula is C27H42F3N5O6. The largest absolute Gasteiger partial charge is 0.481 e. The van der Waals surface area contributed by atoms with Gasteiger partial charge in [0.05, 0.1) is 18.4 Å². The third kappa shape index (κ3) is 10.6.